The summed E-state index contributed by atoms with van der Waals surface area (Å²) < 4.78 is 14.9. The van der Waals surface area contributed by atoms with Gasteiger partial charge in [0.05, 0.1) is 0 Å². The number of carbonyl (C=O) groups is 1. The molecule has 0 amide bonds. The molecule has 0 bridgehead atoms. The lowest BCUT2D eigenvalue weighted by Crippen LogP contribution is -2.16. The Labute approximate surface area is 121 Å². The van der Waals surface area contributed by atoms with Gasteiger partial charge in [-0.1, -0.05) is 13.3 Å². The third-order valence-corrected chi connectivity index (χ3v) is 3.42. The topological polar surface area (TPSA) is 80.9 Å². The molecule has 1 aromatic heterocycles. The van der Waals surface area contributed by atoms with Crippen LogP contribution >= 0.6 is 0 Å². The minimum atomic E-state index is -0.839. The van der Waals surface area contributed by atoms with E-state index in [1.165, 1.54) is 6.07 Å². The maximum atomic E-state index is 13.3. The van der Waals surface area contributed by atoms with Crippen LogP contribution in [0.25, 0.3) is 11.4 Å². The summed E-state index contributed by atoms with van der Waals surface area (Å²) in [6, 6.07) is 4.66. The maximum Gasteiger partial charge on any atom is 0.303 e. The SMILES string of the molecule is CCC(CC(=O)O)Cn1nnnc1-c1ccc(F)c(C)c1. The molecule has 0 saturated heterocycles. The number of hydrogen-bond donors (Lipinski definition) is 1. The number of carboxylic acids is 1. The Morgan fingerprint density at radius 2 is 2.24 bits per heavy atom. The van der Waals surface area contributed by atoms with Gasteiger partial charge in [0, 0.05) is 18.5 Å². The van der Waals surface area contributed by atoms with Gasteiger partial charge >= 0.3 is 5.97 Å². The van der Waals surface area contributed by atoms with Gasteiger partial charge in [0.25, 0.3) is 0 Å². The van der Waals surface area contributed by atoms with Gasteiger partial charge in [-0.25, -0.2) is 9.07 Å². The van der Waals surface area contributed by atoms with Gasteiger partial charge in [0.1, 0.15) is 5.82 Å². The summed E-state index contributed by atoms with van der Waals surface area (Å²) in [6.45, 7) is 4.02. The lowest BCUT2D eigenvalue weighted by molar-refractivity contribution is -0.138. The van der Waals surface area contributed by atoms with Gasteiger partial charge in [-0.05, 0) is 47.0 Å². The number of aliphatic carboxylic acids is 1. The first-order valence-electron chi connectivity index (χ1n) is 6.75. The second-order valence-corrected chi connectivity index (χ2v) is 5.02. The fourth-order valence-corrected chi connectivity index (χ4v) is 2.15. The summed E-state index contributed by atoms with van der Waals surface area (Å²) in [5.74, 6) is -0.655. The van der Waals surface area contributed by atoms with Gasteiger partial charge in [0.2, 0.25) is 0 Å². The molecule has 2 aromatic rings. The third kappa shape index (κ3) is 3.62. The molecule has 0 aliphatic carbocycles. The second kappa shape index (κ2) is 6.43. The molecule has 0 saturated carbocycles. The summed E-state index contributed by atoms with van der Waals surface area (Å²) in [4.78, 5) is 10.8. The van der Waals surface area contributed by atoms with E-state index in [0.29, 0.717) is 29.9 Å². The fourth-order valence-electron chi connectivity index (χ4n) is 2.15. The minimum Gasteiger partial charge on any atom is -0.481 e. The zero-order chi connectivity index (χ0) is 15.4. The molecule has 112 valence electrons. The fraction of sp³-hybridized carbons (Fsp3) is 0.429. The van der Waals surface area contributed by atoms with E-state index in [2.05, 4.69) is 15.5 Å². The van der Waals surface area contributed by atoms with Crippen LogP contribution < -0.4 is 0 Å². The van der Waals surface area contributed by atoms with E-state index in [4.69, 9.17) is 5.11 Å². The first kappa shape index (κ1) is 15.1. The van der Waals surface area contributed by atoms with Crippen LogP contribution in [0.5, 0.6) is 0 Å². The van der Waals surface area contributed by atoms with E-state index in [0.717, 1.165) is 0 Å². The number of carboxylic acid groups (broad SMARTS) is 1. The van der Waals surface area contributed by atoms with Crippen molar-refractivity contribution in [3.8, 4) is 11.4 Å². The largest absolute Gasteiger partial charge is 0.481 e. The first-order chi connectivity index (χ1) is 10.0. The Morgan fingerprint density at radius 1 is 1.48 bits per heavy atom. The molecule has 7 heteroatoms. The van der Waals surface area contributed by atoms with E-state index in [9.17, 15) is 9.18 Å². The molecular formula is C14H17FN4O2. The minimum absolute atomic E-state index is 0.0497. The van der Waals surface area contributed by atoms with Crippen LogP contribution in [0.1, 0.15) is 25.3 Å². The standard InChI is InChI=1S/C14H17FN4O2/c1-3-10(7-13(20)21)8-19-14(16-17-18-19)11-4-5-12(15)9(2)6-11/h4-6,10H,3,7-8H2,1-2H3,(H,20,21). The van der Waals surface area contributed by atoms with E-state index in [-0.39, 0.29) is 18.2 Å². The van der Waals surface area contributed by atoms with Gasteiger partial charge in [-0.3, -0.25) is 4.79 Å². The molecule has 0 spiro atoms. The maximum absolute atomic E-state index is 13.3. The molecule has 1 N–H and O–H groups in total. The third-order valence-electron chi connectivity index (χ3n) is 3.42. The molecular weight excluding hydrogens is 275 g/mol. The van der Waals surface area contributed by atoms with Crippen molar-refractivity contribution in [1.82, 2.24) is 20.2 Å². The van der Waals surface area contributed by atoms with Crippen molar-refractivity contribution < 1.29 is 14.3 Å². The van der Waals surface area contributed by atoms with Crippen molar-refractivity contribution in [2.75, 3.05) is 0 Å². The number of rotatable bonds is 6. The predicted octanol–water partition coefficient (Wildman–Crippen LogP) is 2.29. The lowest BCUT2D eigenvalue weighted by Gasteiger charge is -2.13. The summed E-state index contributed by atoms with van der Waals surface area (Å²) in [5.41, 5.74) is 1.23. The Hall–Kier alpha value is -2.31. The van der Waals surface area contributed by atoms with Crippen LogP contribution in [0.15, 0.2) is 18.2 Å². The molecule has 0 aliphatic rings. The van der Waals surface area contributed by atoms with Crippen LogP contribution in [0.3, 0.4) is 0 Å². The molecule has 0 aliphatic heterocycles. The summed E-state index contributed by atoms with van der Waals surface area (Å²) >= 11 is 0. The highest BCUT2D eigenvalue weighted by Gasteiger charge is 2.16. The Kier molecular flexibility index (Phi) is 4.62. The van der Waals surface area contributed by atoms with Gasteiger partial charge < -0.3 is 5.11 Å². The Balaban J connectivity index is 2.25. The van der Waals surface area contributed by atoms with E-state index >= 15 is 0 Å². The number of halogens is 1. The van der Waals surface area contributed by atoms with Crippen LogP contribution in [-0.4, -0.2) is 31.3 Å². The zero-order valence-electron chi connectivity index (χ0n) is 12.0. The number of benzene rings is 1. The molecule has 1 unspecified atom stereocenters. The highest BCUT2D eigenvalue weighted by atomic mass is 19.1. The van der Waals surface area contributed by atoms with Gasteiger partial charge in [-0.2, -0.15) is 0 Å². The predicted molar refractivity (Wildman–Crippen MR) is 74.0 cm³/mol. The normalized spacial score (nSPS) is 12.3. The molecule has 1 heterocycles. The average molecular weight is 292 g/mol. The quantitative estimate of drug-likeness (QED) is 0.883. The first-order valence-corrected chi connectivity index (χ1v) is 6.75. The van der Waals surface area contributed by atoms with Crippen LogP contribution in [0, 0.1) is 18.7 Å². The number of hydrogen-bond acceptors (Lipinski definition) is 4. The second-order valence-electron chi connectivity index (χ2n) is 5.02. The van der Waals surface area contributed by atoms with Crippen LogP contribution in [0.4, 0.5) is 4.39 Å². The van der Waals surface area contributed by atoms with Crippen molar-refractivity contribution in [1.29, 1.82) is 0 Å². The van der Waals surface area contributed by atoms with E-state index in [1.807, 2.05) is 6.92 Å². The number of aromatic nitrogens is 4. The Bertz CT molecular complexity index is 642. The lowest BCUT2D eigenvalue weighted by atomic mass is 10.0. The summed E-state index contributed by atoms with van der Waals surface area (Å²) in [6.07, 6.45) is 0.784. The van der Waals surface area contributed by atoms with Crippen molar-refractivity contribution in [3.63, 3.8) is 0 Å². The number of tetrazole rings is 1. The van der Waals surface area contributed by atoms with Gasteiger partial charge in [-0.15, -0.1) is 5.10 Å². The monoisotopic (exact) mass is 292 g/mol. The smallest absolute Gasteiger partial charge is 0.303 e. The highest BCUT2D eigenvalue weighted by Crippen LogP contribution is 2.21. The molecule has 0 fully saturated rings. The summed E-state index contributed by atoms with van der Waals surface area (Å²) in [5, 5.41) is 20.4. The van der Waals surface area contributed by atoms with Crippen molar-refractivity contribution in [3.05, 3.63) is 29.6 Å². The highest BCUT2D eigenvalue weighted by molar-refractivity contribution is 5.67. The van der Waals surface area contributed by atoms with Crippen molar-refractivity contribution in [2.45, 2.75) is 33.2 Å². The van der Waals surface area contributed by atoms with Crippen molar-refractivity contribution >= 4 is 5.97 Å². The molecule has 2 rings (SSSR count). The van der Waals surface area contributed by atoms with Crippen LogP contribution in [0.2, 0.25) is 0 Å². The molecule has 1 atom stereocenters. The number of nitrogens with zero attached hydrogens (tertiary/aromatic N) is 4. The van der Waals surface area contributed by atoms with Crippen molar-refractivity contribution in [2.24, 2.45) is 5.92 Å². The zero-order valence-corrected chi connectivity index (χ0v) is 12.0. The van der Waals surface area contributed by atoms with E-state index in [1.54, 1.807) is 23.7 Å². The Morgan fingerprint density at radius 3 is 2.86 bits per heavy atom. The summed E-state index contributed by atoms with van der Waals surface area (Å²) in [7, 11) is 0. The molecule has 1 aromatic carbocycles. The molecule has 0 radical (unpaired) electrons. The number of aryl methyl sites for hydroxylation is 1. The van der Waals surface area contributed by atoms with Gasteiger partial charge in [0.15, 0.2) is 5.82 Å². The average Bonchev–Trinajstić information content (AvgIpc) is 2.88. The molecule has 21 heavy (non-hydrogen) atoms. The van der Waals surface area contributed by atoms with E-state index < -0.39 is 5.97 Å². The van der Waals surface area contributed by atoms with Crippen LogP contribution in [-0.2, 0) is 11.3 Å². The molecule has 6 nitrogen and oxygen atoms in total.